The Kier molecular flexibility index (Phi) is 5.46. The molecule has 0 unspecified atom stereocenters. The van der Waals surface area contributed by atoms with Crippen LogP contribution in [-0.2, 0) is 0 Å². The Morgan fingerprint density at radius 2 is 1.19 bits per heavy atom. The Bertz CT molecular complexity index is 1650. The van der Waals surface area contributed by atoms with Crippen molar-refractivity contribution in [1.82, 2.24) is 0 Å². The first-order valence-electron chi connectivity index (χ1n) is 12.4. The largest absolute Gasteiger partial charge is 0.455 e. The third kappa shape index (κ3) is 3.72. The Labute approximate surface area is 227 Å². The van der Waals surface area contributed by atoms with Gasteiger partial charge in [-0.2, -0.15) is 0 Å². The zero-order valence-electron chi connectivity index (χ0n) is 20.6. The van der Waals surface area contributed by atoms with Crippen LogP contribution >= 0.6 is 23.5 Å². The average molecular weight is 532 g/mol. The van der Waals surface area contributed by atoms with Gasteiger partial charge in [-0.1, -0.05) is 103 Å². The predicted octanol–water partition coefficient (Wildman–Crippen LogP) is 8.70. The maximum absolute atomic E-state index is 6.75. The molecular weight excluding hydrogens is 507 g/mol. The highest BCUT2D eigenvalue weighted by Gasteiger charge is 2.38. The van der Waals surface area contributed by atoms with Gasteiger partial charge in [0, 0.05) is 20.4 Å². The van der Waals surface area contributed by atoms with Crippen molar-refractivity contribution in [3.8, 4) is 11.5 Å². The lowest BCUT2D eigenvalue weighted by Crippen LogP contribution is -2.56. The quantitative estimate of drug-likeness (QED) is 0.212. The SMILES string of the molecule is C[Si]1(C)c2ccccc2Oc2c(N(c3ccccc3)c3cccc4c3Sc3ccccc3S4)cccc21. The van der Waals surface area contributed by atoms with Gasteiger partial charge in [-0.15, -0.1) is 0 Å². The number of fused-ring (bicyclic) bond motifs is 4. The van der Waals surface area contributed by atoms with E-state index in [-0.39, 0.29) is 0 Å². The molecule has 7 rings (SSSR count). The van der Waals surface area contributed by atoms with Gasteiger partial charge in [0.2, 0.25) is 0 Å². The number of ether oxygens (including phenoxy) is 1. The molecule has 0 radical (unpaired) electrons. The number of nitrogens with zero attached hydrogens (tertiary/aromatic N) is 1. The highest BCUT2D eigenvalue weighted by atomic mass is 32.2. The van der Waals surface area contributed by atoms with Crippen LogP contribution in [0.1, 0.15) is 0 Å². The van der Waals surface area contributed by atoms with Gasteiger partial charge in [-0.3, -0.25) is 0 Å². The first-order valence-corrected chi connectivity index (χ1v) is 17.1. The fourth-order valence-electron chi connectivity index (χ4n) is 5.32. The van der Waals surface area contributed by atoms with Crippen molar-refractivity contribution in [2.75, 3.05) is 4.90 Å². The molecule has 2 aliphatic rings. The molecule has 0 atom stereocenters. The van der Waals surface area contributed by atoms with Gasteiger partial charge < -0.3 is 9.64 Å². The predicted molar refractivity (Wildman–Crippen MR) is 159 cm³/mol. The van der Waals surface area contributed by atoms with Gasteiger partial charge in [0.05, 0.1) is 16.3 Å². The number of rotatable bonds is 3. The normalized spacial score (nSPS) is 14.4. The third-order valence-corrected chi connectivity index (χ3v) is 13.3. The second-order valence-electron chi connectivity index (χ2n) is 9.80. The summed E-state index contributed by atoms with van der Waals surface area (Å²) in [7, 11) is -1.95. The first kappa shape index (κ1) is 22.8. The molecule has 0 fully saturated rings. The summed E-state index contributed by atoms with van der Waals surface area (Å²) in [5, 5.41) is 2.69. The first-order chi connectivity index (χ1) is 18.1. The molecule has 2 heterocycles. The van der Waals surface area contributed by atoms with Crippen molar-refractivity contribution in [1.29, 1.82) is 0 Å². The summed E-state index contributed by atoms with van der Waals surface area (Å²) in [5.41, 5.74) is 3.37. The number of benzene rings is 5. The smallest absolute Gasteiger partial charge is 0.151 e. The van der Waals surface area contributed by atoms with Gasteiger partial charge in [0.15, 0.2) is 5.75 Å². The monoisotopic (exact) mass is 531 g/mol. The zero-order chi connectivity index (χ0) is 25.0. The fraction of sp³-hybridized carbons (Fsp3) is 0.0625. The van der Waals surface area contributed by atoms with Gasteiger partial charge in [-0.05, 0) is 58.9 Å². The van der Waals surface area contributed by atoms with E-state index >= 15 is 0 Å². The molecule has 180 valence electrons. The molecule has 5 aromatic carbocycles. The van der Waals surface area contributed by atoms with E-state index < -0.39 is 8.07 Å². The standard InChI is InChI=1S/C32H25NOS2Si/c1-37(2)29-20-9-6-16-25(29)34-31-23(14-11-21-30(31)37)33(22-12-4-3-5-13-22)24-15-10-19-28-32(24)36-27-18-8-7-17-26(27)35-28/h3-21H,1-2H3. The Hall–Kier alpha value is -3.38. The molecule has 0 spiro atoms. The molecular formula is C32H25NOS2Si. The zero-order valence-corrected chi connectivity index (χ0v) is 23.3. The third-order valence-electron chi connectivity index (χ3n) is 7.18. The van der Waals surface area contributed by atoms with Crippen molar-refractivity contribution in [3.63, 3.8) is 0 Å². The molecule has 37 heavy (non-hydrogen) atoms. The lowest BCUT2D eigenvalue weighted by Gasteiger charge is -2.37. The summed E-state index contributed by atoms with van der Waals surface area (Å²) in [6.07, 6.45) is 0. The molecule has 0 saturated carbocycles. The second kappa shape index (κ2) is 8.87. The molecule has 0 bridgehead atoms. The van der Waals surface area contributed by atoms with Crippen LogP contribution in [0.4, 0.5) is 17.1 Å². The number of hydrogen-bond donors (Lipinski definition) is 0. The van der Waals surface area contributed by atoms with Crippen LogP contribution in [0, 0.1) is 0 Å². The maximum Gasteiger partial charge on any atom is 0.151 e. The summed E-state index contributed by atoms with van der Waals surface area (Å²) in [6.45, 7) is 4.86. The molecule has 0 aromatic heterocycles. The van der Waals surface area contributed by atoms with E-state index in [0.717, 1.165) is 22.9 Å². The van der Waals surface area contributed by atoms with E-state index in [2.05, 4.69) is 133 Å². The molecule has 0 amide bonds. The molecule has 5 heteroatoms. The van der Waals surface area contributed by atoms with Crippen molar-refractivity contribution in [2.24, 2.45) is 0 Å². The van der Waals surface area contributed by atoms with Crippen LogP contribution in [0.15, 0.2) is 135 Å². The summed E-state index contributed by atoms with van der Waals surface area (Å²) in [4.78, 5) is 7.56. The topological polar surface area (TPSA) is 12.5 Å². The van der Waals surface area contributed by atoms with Crippen LogP contribution < -0.4 is 20.0 Å². The average Bonchev–Trinajstić information content (AvgIpc) is 2.93. The molecule has 0 N–H and O–H groups in total. The van der Waals surface area contributed by atoms with E-state index in [1.165, 1.54) is 35.6 Å². The Morgan fingerprint density at radius 3 is 2.03 bits per heavy atom. The van der Waals surface area contributed by atoms with Crippen molar-refractivity contribution in [3.05, 3.63) is 115 Å². The highest BCUT2D eigenvalue weighted by Crippen LogP contribution is 2.54. The van der Waals surface area contributed by atoms with Gasteiger partial charge in [0.25, 0.3) is 0 Å². The van der Waals surface area contributed by atoms with Crippen LogP contribution in [0.3, 0.4) is 0 Å². The van der Waals surface area contributed by atoms with Gasteiger partial charge in [0.1, 0.15) is 13.8 Å². The summed E-state index contributed by atoms with van der Waals surface area (Å²) < 4.78 is 6.75. The van der Waals surface area contributed by atoms with Gasteiger partial charge >= 0.3 is 0 Å². The minimum Gasteiger partial charge on any atom is -0.455 e. The van der Waals surface area contributed by atoms with E-state index in [1.54, 1.807) is 0 Å². The molecule has 2 nitrogen and oxygen atoms in total. The van der Waals surface area contributed by atoms with E-state index in [9.17, 15) is 0 Å². The van der Waals surface area contributed by atoms with Crippen molar-refractivity contribution < 1.29 is 4.74 Å². The second-order valence-corrected chi connectivity index (χ2v) is 16.3. The number of anilines is 3. The van der Waals surface area contributed by atoms with Gasteiger partial charge in [-0.25, -0.2) is 0 Å². The molecule has 5 aromatic rings. The summed E-state index contributed by atoms with van der Waals surface area (Å²) in [5.74, 6) is 1.97. The maximum atomic E-state index is 6.75. The van der Waals surface area contributed by atoms with Crippen LogP contribution in [-0.4, -0.2) is 8.07 Å². The molecule has 0 aliphatic carbocycles. The fourth-order valence-corrected chi connectivity index (χ4v) is 10.5. The summed E-state index contributed by atoms with van der Waals surface area (Å²) >= 11 is 3.71. The lowest BCUT2D eigenvalue weighted by atomic mass is 10.1. The summed E-state index contributed by atoms with van der Waals surface area (Å²) in [6, 6.07) is 41.2. The highest BCUT2D eigenvalue weighted by molar-refractivity contribution is 8.05. The Morgan fingerprint density at radius 1 is 0.568 bits per heavy atom. The minimum atomic E-state index is -1.95. The van der Waals surface area contributed by atoms with Crippen LogP contribution in [0.2, 0.25) is 13.1 Å². The van der Waals surface area contributed by atoms with Crippen LogP contribution in [0.5, 0.6) is 11.5 Å². The molecule has 0 saturated heterocycles. The van der Waals surface area contributed by atoms with E-state index in [0.29, 0.717) is 0 Å². The van der Waals surface area contributed by atoms with Crippen molar-refractivity contribution >= 4 is 59.0 Å². The number of para-hydroxylation sites is 3. The van der Waals surface area contributed by atoms with Crippen LogP contribution in [0.25, 0.3) is 0 Å². The molecule has 2 aliphatic heterocycles. The van der Waals surface area contributed by atoms with Crippen molar-refractivity contribution in [2.45, 2.75) is 32.7 Å². The number of hydrogen-bond acceptors (Lipinski definition) is 4. The minimum absolute atomic E-state index is 0.980. The van der Waals surface area contributed by atoms with E-state index in [1.807, 2.05) is 23.5 Å². The lowest BCUT2D eigenvalue weighted by molar-refractivity contribution is 0.487. The Balaban J connectivity index is 1.45. The van der Waals surface area contributed by atoms with E-state index in [4.69, 9.17) is 4.74 Å².